The van der Waals surface area contributed by atoms with Gasteiger partial charge >= 0.3 is 0 Å². The van der Waals surface area contributed by atoms with E-state index in [1.807, 2.05) is 0 Å². The molecule has 1 fully saturated rings. The predicted molar refractivity (Wildman–Crippen MR) is 81.2 cm³/mol. The lowest BCUT2D eigenvalue weighted by atomic mass is 9.80. The first-order valence-electron chi connectivity index (χ1n) is 7.65. The maximum atomic E-state index is 4.56. The van der Waals surface area contributed by atoms with Crippen molar-refractivity contribution in [3.05, 3.63) is 42.1 Å². The van der Waals surface area contributed by atoms with E-state index in [2.05, 4.69) is 48.4 Å². The average molecular weight is 253 g/mol. The van der Waals surface area contributed by atoms with E-state index in [0.29, 0.717) is 0 Å². The number of nitrogens with zero attached hydrogens (tertiary/aromatic N) is 1. The number of hydrogen-bond acceptors (Lipinski definition) is 1. The van der Waals surface area contributed by atoms with Crippen molar-refractivity contribution < 1.29 is 0 Å². The number of benzene rings is 1. The Kier molecular flexibility index (Phi) is 3.82. The van der Waals surface area contributed by atoms with E-state index >= 15 is 0 Å². The molecule has 1 nitrogen and oxygen atoms in total. The summed E-state index contributed by atoms with van der Waals surface area (Å²) in [5.41, 5.74) is 2.51. The summed E-state index contributed by atoms with van der Waals surface area (Å²) in [6.45, 7) is 2.39. The first-order valence-corrected chi connectivity index (χ1v) is 7.65. The van der Waals surface area contributed by atoms with Crippen molar-refractivity contribution in [1.29, 1.82) is 0 Å². The Balaban J connectivity index is 1.62. The number of hydrogen-bond donors (Lipinski definition) is 0. The summed E-state index contributed by atoms with van der Waals surface area (Å²) in [4.78, 5) is 4.56. The monoisotopic (exact) mass is 253 g/mol. The lowest BCUT2D eigenvalue weighted by molar-refractivity contribution is 0.278. The minimum Gasteiger partial charge on any atom is -0.256 e. The Morgan fingerprint density at radius 3 is 2.74 bits per heavy atom. The van der Waals surface area contributed by atoms with E-state index in [0.717, 1.165) is 17.4 Å². The first kappa shape index (κ1) is 12.7. The highest BCUT2D eigenvalue weighted by Crippen LogP contribution is 2.31. The molecule has 1 aliphatic carbocycles. The highest BCUT2D eigenvalue weighted by Gasteiger charge is 2.17. The minimum absolute atomic E-state index is 0.947. The summed E-state index contributed by atoms with van der Waals surface area (Å²) in [6, 6.07) is 10.7. The van der Waals surface area contributed by atoms with Gasteiger partial charge in [0.1, 0.15) is 0 Å². The van der Waals surface area contributed by atoms with Crippen LogP contribution in [0.1, 0.15) is 44.6 Å². The van der Waals surface area contributed by atoms with E-state index in [1.165, 1.54) is 49.5 Å². The molecule has 1 aromatic heterocycles. The van der Waals surface area contributed by atoms with Crippen LogP contribution in [0.4, 0.5) is 0 Å². The van der Waals surface area contributed by atoms with Crippen LogP contribution in [0.25, 0.3) is 10.9 Å². The van der Waals surface area contributed by atoms with Gasteiger partial charge in [0.15, 0.2) is 0 Å². The molecule has 1 aliphatic rings. The summed E-state index contributed by atoms with van der Waals surface area (Å²) < 4.78 is 0. The molecular formula is C18H23N. The van der Waals surface area contributed by atoms with Crippen molar-refractivity contribution in [2.24, 2.45) is 11.8 Å². The predicted octanol–water partition coefficient (Wildman–Crippen LogP) is 4.99. The van der Waals surface area contributed by atoms with Gasteiger partial charge in [0.05, 0.1) is 5.52 Å². The standard InChI is InChI=1S/C18H23N/c1-14-6-8-15(9-7-14)10-11-16-12-17-4-2-3-5-18(17)19-13-16/h2-5,12-15H,6-11H2,1H3. The van der Waals surface area contributed by atoms with Crippen LogP contribution in [0.3, 0.4) is 0 Å². The summed E-state index contributed by atoms with van der Waals surface area (Å²) in [5.74, 6) is 1.90. The van der Waals surface area contributed by atoms with E-state index in [-0.39, 0.29) is 0 Å². The third kappa shape index (κ3) is 3.15. The molecule has 0 saturated heterocycles. The average Bonchev–Trinajstić information content (AvgIpc) is 2.46. The molecule has 2 aromatic rings. The molecule has 0 amide bonds. The van der Waals surface area contributed by atoms with Gasteiger partial charge in [-0.15, -0.1) is 0 Å². The van der Waals surface area contributed by atoms with E-state index in [1.54, 1.807) is 0 Å². The number of fused-ring (bicyclic) bond motifs is 1. The van der Waals surface area contributed by atoms with Gasteiger partial charge in [-0.2, -0.15) is 0 Å². The van der Waals surface area contributed by atoms with Crippen LogP contribution < -0.4 is 0 Å². The van der Waals surface area contributed by atoms with Gasteiger partial charge in [-0.3, -0.25) is 4.98 Å². The summed E-state index contributed by atoms with van der Waals surface area (Å²) in [6.07, 6.45) is 10.3. The summed E-state index contributed by atoms with van der Waals surface area (Å²) in [5, 5.41) is 1.28. The van der Waals surface area contributed by atoms with Gasteiger partial charge in [0.2, 0.25) is 0 Å². The van der Waals surface area contributed by atoms with E-state index in [9.17, 15) is 0 Å². The smallest absolute Gasteiger partial charge is 0.0702 e. The molecule has 0 radical (unpaired) electrons. The van der Waals surface area contributed by atoms with Crippen LogP contribution in [-0.4, -0.2) is 4.98 Å². The van der Waals surface area contributed by atoms with Crippen molar-refractivity contribution in [1.82, 2.24) is 4.98 Å². The Labute approximate surface area is 116 Å². The second-order valence-electron chi connectivity index (χ2n) is 6.20. The van der Waals surface area contributed by atoms with Gasteiger partial charge in [-0.05, 0) is 42.4 Å². The lowest BCUT2D eigenvalue weighted by Crippen LogP contribution is -2.12. The Bertz CT molecular complexity index is 538. The van der Waals surface area contributed by atoms with Crippen LogP contribution in [-0.2, 0) is 6.42 Å². The third-order valence-electron chi connectivity index (χ3n) is 4.62. The fraction of sp³-hybridized carbons (Fsp3) is 0.500. The molecule has 19 heavy (non-hydrogen) atoms. The van der Waals surface area contributed by atoms with Crippen LogP contribution in [0.5, 0.6) is 0 Å². The zero-order valence-electron chi connectivity index (χ0n) is 11.8. The lowest BCUT2D eigenvalue weighted by Gasteiger charge is -2.26. The summed E-state index contributed by atoms with van der Waals surface area (Å²) >= 11 is 0. The number of pyridine rings is 1. The molecule has 0 bridgehead atoms. The number of aromatic nitrogens is 1. The van der Waals surface area contributed by atoms with Gasteiger partial charge in [-0.25, -0.2) is 0 Å². The number of para-hydroxylation sites is 1. The fourth-order valence-corrected chi connectivity index (χ4v) is 3.24. The van der Waals surface area contributed by atoms with E-state index < -0.39 is 0 Å². The van der Waals surface area contributed by atoms with Crippen LogP contribution >= 0.6 is 0 Å². The van der Waals surface area contributed by atoms with Crippen molar-refractivity contribution in [2.45, 2.75) is 45.4 Å². The zero-order chi connectivity index (χ0) is 13.1. The Hall–Kier alpha value is -1.37. The quantitative estimate of drug-likeness (QED) is 0.750. The van der Waals surface area contributed by atoms with Crippen molar-refractivity contribution >= 4 is 10.9 Å². The normalized spacial score (nSPS) is 23.6. The molecule has 1 aromatic carbocycles. The molecule has 3 rings (SSSR count). The van der Waals surface area contributed by atoms with Gasteiger partial charge in [0.25, 0.3) is 0 Å². The molecule has 1 heterocycles. The fourth-order valence-electron chi connectivity index (χ4n) is 3.24. The van der Waals surface area contributed by atoms with Gasteiger partial charge in [-0.1, -0.05) is 50.8 Å². The molecule has 1 saturated carbocycles. The Morgan fingerprint density at radius 2 is 1.89 bits per heavy atom. The maximum Gasteiger partial charge on any atom is 0.0702 e. The topological polar surface area (TPSA) is 12.9 Å². The Morgan fingerprint density at radius 1 is 1.11 bits per heavy atom. The molecule has 0 N–H and O–H groups in total. The largest absolute Gasteiger partial charge is 0.256 e. The minimum atomic E-state index is 0.947. The SMILES string of the molecule is CC1CCC(CCc2cnc3ccccc3c2)CC1. The summed E-state index contributed by atoms with van der Waals surface area (Å²) in [7, 11) is 0. The molecular weight excluding hydrogens is 230 g/mol. The molecule has 1 heteroatoms. The van der Waals surface area contributed by atoms with Crippen LogP contribution in [0, 0.1) is 11.8 Å². The maximum absolute atomic E-state index is 4.56. The van der Waals surface area contributed by atoms with Crippen LogP contribution in [0.2, 0.25) is 0 Å². The van der Waals surface area contributed by atoms with Crippen molar-refractivity contribution in [2.75, 3.05) is 0 Å². The van der Waals surface area contributed by atoms with Crippen molar-refractivity contribution in [3.63, 3.8) is 0 Å². The highest BCUT2D eigenvalue weighted by atomic mass is 14.6. The van der Waals surface area contributed by atoms with Gasteiger partial charge < -0.3 is 0 Å². The second-order valence-corrected chi connectivity index (χ2v) is 6.20. The molecule has 0 aliphatic heterocycles. The number of aryl methyl sites for hydroxylation is 1. The zero-order valence-corrected chi connectivity index (χ0v) is 11.8. The molecule has 0 atom stereocenters. The first-order chi connectivity index (χ1) is 9.31. The van der Waals surface area contributed by atoms with Crippen molar-refractivity contribution in [3.8, 4) is 0 Å². The molecule has 100 valence electrons. The molecule has 0 spiro atoms. The van der Waals surface area contributed by atoms with E-state index in [4.69, 9.17) is 0 Å². The van der Waals surface area contributed by atoms with Crippen LogP contribution in [0.15, 0.2) is 36.5 Å². The molecule has 0 unspecified atom stereocenters. The second kappa shape index (κ2) is 5.73. The third-order valence-corrected chi connectivity index (χ3v) is 4.62. The van der Waals surface area contributed by atoms with Gasteiger partial charge in [0, 0.05) is 11.6 Å². The number of rotatable bonds is 3. The highest BCUT2D eigenvalue weighted by molar-refractivity contribution is 5.78.